The molecule has 0 radical (unpaired) electrons. The molecule has 1 heterocycles. The molecular weight excluding hydrogens is 278 g/mol. The first-order valence-electron chi connectivity index (χ1n) is 8.22. The van der Waals surface area contributed by atoms with Gasteiger partial charge in [-0.2, -0.15) is 0 Å². The van der Waals surface area contributed by atoms with E-state index in [4.69, 9.17) is 4.74 Å². The summed E-state index contributed by atoms with van der Waals surface area (Å²) < 4.78 is 5.37. The summed E-state index contributed by atoms with van der Waals surface area (Å²) in [6.45, 7) is 7.18. The molecule has 22 heavy (non-hydrogen) atoms. The highest BCUT2D eigenvalue weighted by atomic mass is 16.5. The van der Waals surface area contributed by atoms with Crippen LogP contribution >= 0.6 is 0 Å². The van der Waals surface area contributed by atoms with Crippen LogP contribution in [0.5, 0.6) is 0 Å². The second-order valence-corrected chi connectivity index (χ2v) is 5.63. The van der Waals surface area contributed by atoms with Gasteiger partial charge < -0.3 is 15.4 Å². The Kier molecular flexibility index (Phi) is 7.19. The summed E-state index contributed by atoms with van der Waals surface area (Å²) >= 11 is 0. The van der Waals surface area contributed by atoms with E-state index in [2.05, 4.69) is 28.5 Å². The van der Waals surface area contributed by atoms with Crippen molar-refractivity contribution in [1.29, 1.82) is 0 Å². The molecule has 0 saturated carbocycles. The maximum Gasteiger partial charge on any atom is 0.319 e. The number of hydrogen-bond acceptors (Lipinski definition) is 3. The minimum Gasteiger partial charge on any atom is -0.379 e. The monoisotopic (exact) mass is 305 g/mol. The normalized spacial score (nSPS) is 15.5. The number of unbranched alkanes of at least 4 members (excludes halogenated alkanes) is 2. The van der Waals surface area contributed by atoms with E-state index in [0.717, 1.165) is 69.9 Å². The first-order valence-corrected chi connectivity index (χ1v) is 8.22. The summed E-state index contributed by atoms with van der Waals surface area (Å²) in [5.41, 5.74) is 2.04. The molecule has 1 fully saturated rings. The predicted octanol–water partition coefficient (Wildman–Crippen LogP) is 2.83. The minimum absolute atomic E-state index is 0.120. The molecule has 0 spiro atoms. The molecule has 2 N–H and O–H groups in total. The van der Waals surface area contributed by atoms with E-state index >= 15 is 0 Å². The molecule has 1 aliphatic heterocycles. The number of ether oxygens (including phenoxy) is 1. The molecule has 0 aliphatic carbocycles. The molecule has 0 bridgehead atoms. The highest BCUT2D eigenvalue weighted by Crippen LogP contribution is 2.17. The fourth-order valence-electron chi connectivity index (χ4n) is 2.52. The first kappa shape index (κ1) is 16.8. The van der Waals surface area contributed by atoms with Crippen LogP contribution in [-0.4, -0.2) is 43.8 Å². The van der Waals surface area contributed by atoms with Crippen LogP contribution in [0.1, 0.15) is 31.7 Å². The number of nitrogens with one attached hydrogen (secondary N) is 2. The van der Waals surface area contributed by atoms with Gasteiger partial charge >= 0.3 is 6.03 Å². The van der Waals surface area contributed by atoms with Crippen LogP contribution in [-0.2, 0) is 11.3 Å². The van der Waals surface area contributed by atoms with Crippen molar-refractivity contribution in [3.05, 3.63) is 29.8 Å². The Bertz CT molecular complexity index is 459. The molecule has 1 saturated heterocycles. The van der Waals surface area contributed by atoms with Crippen molar-refractivity contribution in [2.24, 2.45) is 0 Å². The molecule has 0 atom stereocenters. The second-order valence-electron chi connectivity index (χ2n) is 5.63. The molecule has 5 nitrogen and oxygen atoms in total. The van der Waals surface area contributed by atoms with Gasteiger partial charge in [0.2, 0.25) is 0 Å². The smallest absolute Gasteiger partial charge is 0.319 e. The zero-order valence-corrected chi connectivity index (χ0v) is 13.4. The third-order valence-corrected chi connectivity index (χ3v) is 3.83. The highest BCUT2D eigenvalue weighted by Gasteiger charge is 2.13. The summed E-state index contributed by atoms with van der Waals surface area (Å²) in [7, 11) is 0. The molecule has 0 aromatic heterocycles. The molecule has 2 rings (SSSR count). The Morgan fingerprint density at radius 3 is 2.77 bits per heavy atom. The molecular formula is C17H27N3O2. The van der Waals surface area contributed by atoms with Gasteiger partial charge in [-0.05, 0) is 18.1 Å². The van der Waals surface area contributed by atoms with Crippen LogP contribution in [0.2, 0.25) is 0 Å². The zero-order valence-electron chi connectivity index (χ0n) is 13.4. The lowest BCUT2D eigenvalue weighted by atomic mass is 10.1. The Morgan fingerprint density at radius 2 is 2.00 bits per heavy atom. The maximum absolute atomic E-state index is 12.0. The third-order valence-electron chi connectivity index (χ3n) is 3.83. The second kappa shape index (κ2) is 9.43. The fourth-order valence-corrected chi connectivity index (χ4v) is 2.52. The fraction of sp³-hybridized carbons (Fsp3) is 0.588. The number of rotatable bonds is 7. The van der Waals surface area contributed by atoms with E-state index in [0.29, 0.717) is 0 Å². The van der Waals surface area contributed by atoms with E-state index in [9.17, 15) is 4.79 Å². The number of hydrogen-bond donors (Lipinski definition) is 2. The van der Waals surface area contributed by atoms with Crippen molar-refractivity contribution in [2.75, 3.05) is 38.2 Å². The standard InChI is InChI=1S/C17H27N3O2/c1-2-3-6-9-18-17(21)19-16-8-5-4-7-15(16)14-20-10-12-22-13-11-20/h4-5,7-8H,2-3,6,9-14H2,1H3,(H2,18,19,21). The molecule has 2 amide bonds. The topological polar surface area (TPSA) is 53.6 Å². The van der Waals surface area contributed by atoms with Gasteiger partial charge in [-0.15, -0.1) is 0 Å². The first-order chi connectivity index (χ1) is 10.8. The van der Waals surface area contributed by atoms with Crippen LogP contribution in [0.3, 0.4) is 0 Å². The van der Waals surface area contributed by atoms with Crippen molar-refractivity contribution in [2.45, 2.75) is 32.7 Å². The molecule has 1 aromatic carbocycles. The van der Waals surface area contributed by atoms with Gasteiger partial charge in [-0.3, -0.25) is 4.90 Å². The average Bonchev–Trinajstić information content (AvgIpc) is 2.54. The number of nitrogens with zero attached hydrogens (tertiary/aromatic N) is 1. The van der Waals surface area contributed by atoms with Gasteiger partial charge in [0.05, 0.1) is 13.2 Å². The number of carbonyl (C=O) groups is 1. The molecule has 0 unspecified atom stereocenters. The van der Waals surface area contributed by atoms with Gasteiger partial charge in [0.1, 0.15) is 0 Å². The highest BCUT2D eigenvalue weighted by molar-refractivity contribution is 5.90. The van der Waals surface area contributed by atoms with Gasteiger partial charge in [-0.25, -0.2) is 4.79 Å². The Labute approximate surface area is 133 Å². The lowest BCUT2D eigenvalue weighted by Gasteiger charge is -2.27. The summed E-state index contributed by atoms with van der Waals surface area (Å²) in [4.78, 5) is 14.3. The zero-order chi connectivity index (χ0) is 15.6. The van der Waals surface area contributed by atoms with Crippen LogP contribution in [0.25, 0.3) is 0 Å². The number of morpholine rings is 1. The van der Waals surface area contributed by atoms with Gasteiger partial charge in [0, 0.05) is 31.9 Å². The summed E-state index contributed by atoms with van der Waals surface area (Å²) in [5, 5.41) is 5.88. The lowest BCUT2D eigenvalue weighted by Crippen LogP contribution is -2.36. The predicted molar refractivity (Wildman–Crippen MR) is 89.1 cm³/mol. The van der Waals surface area contributed by atoms with E-state index in [1.54, 1.807) is 0 Å². The SMILES string of the molecule is CCCCCNC(=O)Nc1ccccc1CN1CCOCC1. The number of benzene rings is 1. The molecule has 122 valence electrons. The minimum atomic E-state index is -0.120. The Balaban J connectivity index is 1.85. The number of para-hydroxylation sites is 1. The van der Waals surface area contributed by atoms with Crippen molar-refractivity contribution < 1.29 is 9.53 Å². The van der Waals surface area contributed by atoms with E-state index in [1.807, 2.05) is 18.2 Å². The maximum atomic E-state index is 12.0. The lowest BCUT2D eigenvalue weighted by molar-refractivity contribution is 0.0343. The van der Waals surface area contributed by atoms with Crippen LogP contribution in [0.4, 0.5) is 10.5 Å². The van der Waals surface area contributed by atoms with Crippen molar-refractivity contribution in [3.63, 3.8) is 0 Å². The van der Waals surface area contributed by atoms with Crippen LogP contribution < -0.4 is 10.6 Å². The van der Waals surface area contributed by atoms with Gasteiger partial charge in [0.25, 0.3) is 0 Å². The molecule has 1 aromatic rings. The van der Waals surface area contributed by atoms with E-state index in [1.165, 1.54) is 0 Å². The van der Waals surface area contributed by atoms with Crippen LogP contribution in [0.15, 0.2) is 24.3 Å². The van der Waals surface area contributed by atoms with Crippen molar-refractivity contribution in [3.8, 4) is 0 Å². The summed E-state index contributed by atoms with van der Waals surface area (Å²) in [6.07, 6.45) is 3.33. The Morgan fingerprint density at radius 1 is 1.23 bits per heavy atom. The van der Waals surface area contributed by atoms with E-state index in [-0.39, 0.29) is 6.03 Å². The number of carbonyl (C=O) groups excluding carboxylic acids is 1. The number of anilines is 1. The van der Waals surface area contributed by atoms with Crippen molar-refractivity contribution >= 4 is 11.7 Å². The van der Waals surface area contributed by atoms with Gasteiger partial charge in [0.15, 0.2) is 0 Å². The van der Waals surface area contributed by atoms with Gasteiger partial charge in [-0.1, -0.05) is 38.0 Å². The largest absolute Gasteiger partial charge is 0.379 e. The van der Waals surface area contributed by atoms with Crippen LogP contribution in [0, 0.1) is 0 Å². The number of amides is 2. The quantitative estimate of drug-likeness (QED) is 0.762. The van der Waals surface area contributed by atoms with Crippen molar-refractivity contribution in [1.82, 2.24) is 10.2 Å². The van der Waals surface area contributed by atoms with E-state index < -0.39 is 0 Å². The third kappa shape index (κ3) is 5.66. The molecule has 5 heteroatoms. The summed E-state index contributed by atoms with van der Waals surface area (Å²) in [5.74, 6) is 0. The Hall–Kier alpha value is -1.59. The molecule has 1 aliphatic rings. The summed E-state index contributed by atoms with van der Waals surface area (Å²) in [6, 6.07) is 7.88. The average molecular weight is 305 g/mol. The number of urea groups is 1.